The standard InChI is InChI=1S/C54H91N7O13S/c1-11-39(4)48(44(67-9)37-46(63)61-22-15-18-43(61)49(68-10)40(5)50(64)57-42(52-56-21-35-75-52)36-41-16-13-12-14-17-41)60(8)47(38(2)3)51(65)58-53(66)54(6,7)59-45(62)19-23-69-25-27-71-29-31-73-33-34-74-32-30-72-28-26-70-24-20-55/h12-14,16-17,21,35,38-40,42-44,47-49H,11,15,18-20,22-34,36-37,55H2,1-10H3,(H,57,64)(H,59,62)(H,58,65,66)/t39-,40+,42-,43-,44+,47-,48-,49+/m0/s1. The summed E-state index contributed by atoms with van der Waals surface area (Å²) in [6.07, 6.45) is 3.25. The average Bonchev–Trinajstić information content (AvgIpc) is 4.11. The van der Waals surface area contributed by atoms with Crippen LogP contribution in [0.15, 0.2) is 41.9 Å². The molecule has 0 radical (unpaired) electrons. The lowest BCUT2D eigenvalue weighted by molar-refractivity contribution is -0.145. The molecule has 0 unspecified atom stereocenters. The van der Waals surface area contributed by atoms with Gasteiger partial charge in [-0.15, -0.1) is 11.3 Å². The lowest BCUT2D eigenvalue weighted by Gasteiger charge is -2.43. The smallest absolute Gasteiger partial charge is 0.251 e. The van der Waals surface area contributed by atoms with Crippen molar-refractivity contribution < 1.29 is 61.9 Å². The Morgan fingerprint density at radius 1 is 0.827 bits per heavy atom. The number of hydrogen-bond acceptors (Lipinski definition) is 17. The number of hydrogen-bond donors (Lipinski definition) is 4. The van der Waals surface area contributed by atoms with E-state index in [0.717, 1.165) is 23.4 Å². The number of nitrogens with zero attached hydrogens (tertiary/aromatic N) is 3. The van der Waals surface area contributed by atoms with Gasteiger partial charge in [0.1, 0.15) is 10.5 Å². The summed E-state index contributed by atoms with van der Waals surface area (Å²) in [5.74, 6) is -2.83. The molecule has 1 saturated heterocycles. The lowest BCUT2D eigenvalue weighted by atomic mass is 9.87. The van der Waals surface area contributed by atoms with Gasteiger partial charge in [0.2, 0.25) is 23.6 Å². The summed E-state index contributed by atoms with van der Waals surface area (Å²) in [7, 11) is 4.98. The molecule has 5 N–H and O–H groups in total. The van der Waals surface area contributed by atoms with Gasteiger partial charge in [-0.25, -0.2) is 4.98 Å². The van der Waals surface area contributed by atoms with Gasteiger partial charge >= 0.3 is 0 Å². The van der Waals surface area contributed by atoms with Gasteiger partial charge in [0, 0.05) is 51.3 Å². The summed E-state index contributed by atoms with van der Waals surface area (Å²) >= 11 is 1.49. The number of rotatable bonds is 40. The van der Waals surface area contributed by atoms with Crippen molar-refractivity contribution in [2.24, 2.45) is 23.5 Å². The Balaban J connectivity index is 1.50. The fourth-order valence-electron chi connectivity index (χ4n) is 9.35. The van der Waals surface area contributed by atoms with E-state index in [1.807, 2.05) is 80.3 Å². The summed E-state index contributed by atoms with van der Waals surface area (Å²) in [6, 6.07) is 8.06. The number of likely N-dealkylation sites (N-methyl/N-ethyl adjacent to an activating group) is 1. The third kappa shape index (κ3) is 22.9. The highest BCUT2D eigenvalue weighted by Crippen LogP contribution is 2.31. The number of methoxy groups -OCH3 is 2. The molecule has 1 aromatic heterocycles. The molecule has 20 nitrogen and oxygen atoms in total. The van der Waals surface area contributed by atoms with Crippen LogP contribution in [-0.4, -0.2) is 194 Å². The molecule has 75 heavy (non-hydrogen) atoms. The Bertz CT molecular complexity index is 1920. The second-order valence-electron chi connectivity index (χ2n) is 19.8. The molecule has 0 bridgehead atoms. The van der Waals surface area contributed by atoms with E-state index < -0.39 is 53.5 Å². The van der Waals surface area contributed by atoms with Crippen molar-refractivity contribution in [2.75, 3.05) is 114 Å². The van der Waals surface area contributed by atoms with Crippen molar-refractivity contribution in [1.29, 1.82) is 0 Å². The van der Waals surface area contributed by atoms with Crippen LogP contribution in [0.1, 0.15) is 97.2 Å². The Hall–Kier alpha value is -4.00. The zero-order chi connectivity index (χ0) is 55.2. The normalized spacial score (nSPS) is 16.8. The molecule has 8 atom stereocenters. The van der Waals surface area contributed by atoms with E-state index in [-0.39, 0.29) is 61.8 Å². The maximum atomic E-state index is 14.5. The molecule has 1 aliphatic rings. The van der Waals surface area contributed by atoms with E-state index in [2.05, 4.69) is 27.9 Å². The highest BCUT2D eigenvalue weighted by atomic mass is 32.1. The first-order valence-corrected chi connectivity index (χ1v) is 27.5. The molecule has 1 fully saturated rings. The maximum absolute atomic E-state index is 14.5. The molecular formula is C54H91N7O13S. The van der Waals surface area contributed by atoms with Crippen LogP contribution in [0.3, 0.4) is 0 Å². The van der Waals surface area contributed by atoms with Gasteiger partial charge in [0.15, 0.2) is 0 Å². The van der Waals surface area contributed by atoms with Crippen molar-refractivity contribution in [1.82, 2.24) is 30.7 Å². The first kappa shape index (κ1) is 65.3. The predicted molar refractivity (Wildman–Crippen MR) is 287 cm³/mol. The van der Waals surface area contributed by atoms with Crippen LogP contribution in [-0.2, 0) is 68.3 Å². The largest absolute Gasteiger partial charge is 0.379 e. The molecule has 426 valence electrons. The third-order valence-corrected chi connectivity index (χ3v) is 14.4. The number of imide groups is 1. The number of benzene rings is 1. The minimum absolute atomic E-state index is 0.00585. The quantitative estimate of drug-likeness (QED) is 0.0691. The van der Waals surface area contributed by atoms with E-state index in [4.69, 9.17) is 43.6 Å². The Morgan fingerprint density at radius 3 is 1.91 bits per heavy atom. The number of likely N-dealkylation sites (tertiary alicyclic amines) is 1. The number of aromatic nitrogens is 1. The van der Waals surface area contributed by atoms with Crippen LogP contribution >= 0.6 is 11.3 Å². The molecule has 0 spiro atoms. The summed E-state index contributed by atoms with van der Waals surface area (Å²) in [6.45, 7) is 18.6. The van der Waals surface area contributed by atoms with Crippen LogP contribution in [0, 0.1) is 17.8 Å². The summed E-state index contributed by atoms with van der Waals surface area (Å²) in [5.41, 5.74) is 5.01. The molecule has 1 aliphatic heterocycles. The van der Waals surface area contributed by atoms with Crippen LogP contribution in [0.2, 0.25) is 0 Å². The molecule has 0 saturated carbocycles. The van der Waals surface area contributed by atoms with E-state index in [0.29, 0.717) is 92.0 Å². The predicted octanol–water partition coefficient (Wildman–Crippen LogP) is 3.95. The minimum atomic E-state index is -1.43. The summed E-state index contributed by atoms with van der Waals surface area (Å²) in [4.78, 5) is 77.6. The fourth-order valence-corrected chi connectivity index (χ4v) is 10.0. The molecule has 1 aromatic carbocycles. The van der Waals surface area contributed by atoms with Crippen LogP contribution in [0.5, 0.6) is 0 Å². The van der Waals surface area contributed by atoms with Crippen LogP contribution in [0.25, 0.3) is 0 Å². The van der Waals surface area contributed by atoms with E-state index in [9.17, 15) is 24.0 Å². The lowest BCUT2D eigenvalue weighted by Crippen LogP contribution is -2.62. The van der Waals surface area contributed by atoms with E-state index in [1.54, 1.807) is 20.4 Å². The van der Waals surface area contributed by atoms with Crippen LogP contribution in [0.4, 0.5) is 0 Å². The molecule has 3 rings (SSSR count). The van der Waals surface area contributed by atoms with Crippen molar-refractivity contribution in [3.63, 3.8) is 0 Å². The Kier molecular flexibility index (Phi) is 31.5. The molecule has 2 heterocycles. The number of thiazole rings is 1. The number of ether oxygens (including phenoxy) is 8. The van der Waals surface area contributed by atoms with Crippen LogP contribution < -0.4 is 21.7 Å². The number of nitrogens with one attached hydrogen (secondary N) is 3. The number of carbonyl (C=O) groups is 5. The Morgan fingerprint density at radius 2 is 1.40 bits per heavy atom. The zero-order valence-electron chi connectivity index (χ0n) is 46.5. The van der Waals surface area contributed by atoms with Gasteiger partial charge in [0.05, 0.1) is 122 Å². The van der Waals surface area contributed by atoms with Gasteiger partial charge in [-0.2, -0.15) is 0 Å². The molecular weight excluding hydrogens is 987 g/mol. The number of carbonyl (C=O) groups excluding carboxylic acids is 5. The maximum Gasteiger partial charge on any atom is 0.251 e. The second kappa shape index (κ2) is 36.2. The SMILES string of the molecule is CC[C@H](C)[C@@H]([C@@H](CC(=O)N1CCC[C@H]1[C@H](OC)[C@@H](C)C(=O)N[C@@H](Cc1ccccc1)c1nccs1)OC)N(C)[C@H](C(=O)NC(=O)C(C)(C)NC(=O)CCOCCOCCOCCOCCOCCOCCN)C(C)C. The van der Waals surface area contributed by atoms with Crippen molar-refractivity contribution in [2.45, 2.75) is 129 Å². The minimum Gasteiger partial charge on any atom is -0.379 e. The molecule has 21 heteroatoms. The molecule has 0 aliphatic carbocycles. The van der Waals surface area contributed by atoms with Crippen molar-refractivity contribution >= 4 is 40.9 Å². The topological polar surface area (TPSA) is 241 Å². The highest BCUT2D eigenvalue weighted by molar-refractivity contribution is 7.09. The average molecular weight is 1080 g/mol. The first-order valence-electron chi connectivity index (χ1n) is 26.6. The fraction of sp³-hybridized carbons (Fsp3) is 0.741. The van der Waals surface area contributed by atoms with Gasteiger partial charge in [0.25, 0.3) is 5.91 Å². The zero-order valence-corrected chi connectivity index (χ0v) is 47.3. The van der Waals surface area contributed by atoms with Crippen molar-refractivity contribution in [3.8, 4) is 0 Å². The third-order valence-electron chi connectivity index (χ3n) is 13.5. The number of amides is 5. The van der Waals surface area contributed by atoms with E-state index in [1.165, 1.54) is 25.2 Å². The molecule has 5 amide bonds. The second-order valence-corrected chi connectivity index (χ2v) is 20.7. The van der Waals surface area contributed by atoms with E-state index >= 15 is 0 Å². The summed E-state index contributed by atoms with van der Waals surface area (Å²) < 4.78 is 44.9. The highest BCUT2D eigenvalue weighted by Gasteiger charge is 2.44. The number of nitrogens with two attached hydrogens (primary N) is 1. The van der Waals surface area contributed by atoms with Gasteiger partial charge in [-0.1, -0.05) is 71.4 Å². The summed E-state index contributed by atoms with van der Waals surface area (Å²) in [5, 5.41) is 11.2. The Labute approximate surface area is 450 Å². The van der Waals surface area contributed by atoms with Crippen molar-refractivity contribution in [3.05, 3.63) is 52.5 Å². The molecule has 2 aromatic rings. The van der Waals surface area contributed by atoms with Gasteiger partial charge < -0.3 is 59.2 Å². The monoisotopic (exact) mass is 1080 g/mol. The van der Waals surface area contributed by atoms with Gasteiger partial charge in [-0.05, 0) is 57.6 Å². The van der Waals surface area contributed by atoms with Gasteiger partial charge in [-0.3, -0.25) is 34.2 Å². The first-order chi connectivity index (χ1) is 36.0.